The van der Waals surface area contributed by atoms with Crippen LogP contribution in [0.15, 0.2) is 108 Å². The Morgan fingerprint density at radius 3 is 2.23 bits per heavy atom. The molecule has 10 heteroatoms. The number of amides is 3. The summed E-state index contributed by atoms with van der Waals surface area (Å²) in [6.45, 7) is 2.12. The van der Waals surface area contributed by atoms with Crippen LogP contribution in [-0.2, 0) is 27.1 Å². The van der Waals surface area contributed by atoms with Gasteiger partial charge in [-0.15, -0.1) is 0 Å². The Labute approximate surface area is 302 Å². The second-order valence-electron chi connectivity index (χ2n) is 13.8. The van der Waals surface area contributed by atoms with E-state index in [0.29, 0.717) is 46.8 Å². The number of halogens is 3. The Hall–Kier alpha value is -5.25. The number of alkyl halides is 3. The van der Waals surface area contributed by atoms with Crippen LogP contribution in [0.3, 0.4) is 0 Å². The average molecular weight is 709 g/mol. The molecule has 52 heavy (non-hydrogen) atoms. The zero-order valence-corrected chi connectivity index (χ0v) is 29.1. The number of rotatable bonds is 13. The van der Waals surface area contributed by atoms with Crippen molar-refractivity contribution < 1.29 is 27.6 Å². The normalized spacial score (nSPS) is 17.3. The minimum absolute atomic E-state index is 0.0974. The molecule has 1 aliphatic heterocycles. The fourth-order valence-corrected chi connectivity index (χ4v) is 7.15. The van der Waals surface area contributed by atoms with Crippen molar-refractivity contribution in [2.24, 2.45) is 28.5 Å². The Morgan fingerprint density at radius 2 is 1.58 bits per heavy atom. The van der Waals surface area contributed by atoms with Gasteiger partial charge in [-0.25, -0.2) is 4.99 Å². The third-order valence-electron chi connectivity index (χ3n) is 10.2. The number of nitrogens with two attached hydrogens (primary N) is 1. The number of hydrogen-bond acceptors (Lipinski definition) is 4. The first-order valence-electron chi connectivity index (χ1n) is 17.9. The lowest BCUT2D eigenvalue weighted by molar-refractivity contribution is -0.137. The highest BCUT2D eigenvalue weighted by Crippen LogP contribution is 2.37. The number of carbonyl (C=O) groups is 3. The number of nitrogens with zero attached hydrogens (tertiary/aromatic N) is 2. The third kappa shape index (κ3) is 8.27. The number of primary amides is 1. The summed E-state index contributed by atoms with van der Waals surface area (Å²) >= 11 is 0. The largest absolute Gasteiger partial charge is 0.416 e. The maximum atomic E-state index is 14.7. The van der Waals surface area contributed by atoms with E-state index < -0.39 is 47.5 Å². The van der Waals surface area contributed by atoms with Crippen LogP contribution >= 0.6 is 0 Å². The van der Waals surface area contributed by atoms with E-state index in [1.54, 1.807) is 17.0 Å². The van der Waals surface area contributed by atoms with Crippen LogP contribution in [0.4, 0.5) is 18.9 Å². The lowest BCUT2D eigenvalue weighted by Gasteiger charge is -2.33. The van der Waals surface area contributed by atoms with Gasteiger partial charge in [-0.3, -0.25) is 14.4 Å². The Kier molecular flexibility index (Phi) is 11.2. The number of unbranched alkanes of at least 4 members (excludes halogenated alkanes) is 1. The molecule has 0 saturated heterocycles. The van der Waals surface area contributed by atoms with E-state index in [1.165, 1.54) is 12.1 Å². The summed E-state index contributed by atoms with van der Waals surface area (Å²) in [4.78, 5) is 48.3. The van der Waals surface area contributed by atoms with Gasteiger partial charge in [0.1, 0.15) is 0 Å². The number of fused-ring (bicyclic) bond motifs is 1. The van der Waals surface area contributed by atoms with Gasteiger partial charge in [-0.1, -0.05) is 118 Å². The fraction of sp³-hybridized carbons (Fsp3) is 0.333. The SMILES string of the molecule is CCCCC(C(N)=O)C(CC1CCC1)C(=O)NC1N=C(c2ccccc2)c2ccccc2N(Cc2cccc(-c3ccc(C(F)(F)F)cc3)c2)C1=O. The van der Waals surface area contributed by atoms with Crippen LogP contribution in [-0.4, -0.2) is 29.6 Å². The number of hydrogen-bond donors (Lipinski definition) is 2. The van der Waals surface area contributed by atoms with Crippen molar-refractivity contribution >= 4 is 29.1 Å². The van der Waals surface area contributed by atoms with Gasteiger partial charge < -0.3 is 16.0 Å². The van der Waals surface area contributed by atoms with Crippen LogP contribution < -0.4 is 16.0 Å². The second-order valence-corrected chi connectivity index (χ2v) is 13.8. The van der Waals surface area contributed by atoms with Gasteiger partial charge in [0, 0.05) is 23.0 Å². The molecule has 1 heterocycles. The van der Waals surface area contributed by atoms with Crippen molar-refractivity contribution in [1.82, 2.24) is 5.32 Å². The number of anilines is 1. The molecule has 270 valence electrons. The maximum absolute atomic E-state index is 14.7. The molecular weight excluding hydrogens is 665 g/mol. The molecule has 4 aromatic carbocycles. The lowest BCUT2D eigenvalue weighted by Crippen LogP contribution is -2.51. The number of aliphatic imine (C=N–C) groups is 1. The summed E-state index contributed by atoms with van der Waals surface area (Å²) in [6, 6.07) is 29.1. The van der Waals surface area contributed by atoms with Gasteiger partial charge in [0.25, 0.3) is 5.91 Å². The molecule has 1 fully saturated rings. The molecule has 0 radical (unpaired) electrons. The highest BCUT2D eigenvalue weighted by Gasteiger charge is 2.39. The Morgan fingerprint density at radius 1 is 0.885 bits per heavy atom. The zero-order chi connectivity index (χ0) is 36.8. The van der Waals surface area contributed by atoms with Crippen LogP contribution in [0.1, 0.15) is 74.1 Å². The van der Waals surface area contributed by atoms with Crippen molar-refractivity contribution in [1.29, 1.82) is 0 Å². The predicted molar refractivity (Wildman–Crippen MR) is 196 cm³/mol. The van der Waals surface area contributed by atoms with Crippen LogP contribution in [0.2, 0.25) is 0 Å². The monoisotopic (exact) mass is 708 g/mol. The van der Waals surface area contributed by atoms with E-state index in [0.717, 1.165) is 55.4 Å². The van der Waals surface area contributed by atoms with Gasteiger partial charge in [0.15, 0.2) is 0 Å². The smallest absolute Gasteiger partial charge is 0.369 e. The van der Waals surface area contributed by atoms with Gasteiger partial charge in [-0.2, -0.15) is 13.2 Å². The molecule has 6 rings (SSSR count). The van der Waals surface area contributed by atoms with Crippen molar-refractivity contribution in [2.75, 3.05) is 4.90 Å². The van der Waals surface area contributed by atoms with E-state index in [2.05, 4.69) is 5.32 Å². The van der Waals surface area contributed by atoms with Crippen molar-refractivity contribution in [2.45, 2.75) is 70.8 Å². The molecule has 4 aromatic rings. The molecule has 0 aromatic heterocycles. The van der Waals surface area contributed by atoms with Gasteiger partial charge in [0.2, 0.25) is 18.0 Å². The molecule has 3 atom stereocenters. The molecule has 3 unspecified atom stereocenters. The third-order valence-corrected chi connectivity index (χ3v) is 10.2. The number of nitrogens with one attached hydrogen (secondary N) is 1. The summed E-state index contributed by atoms with van der Waals surface area (Å²) in [6.07, 6.45) is -0.115. The highest BCUT2D eigenvalue weighted by atomic mass is 19.4. The average Bonchev–Trinajstić information content (AvgIpc) is 3.23. The van der Waals surface area contributed by atoms with Gasteiger partial charge >= 0.3 is 6.18 Å². The first kappa shape index (κ1) is 36.5. The molecule has 3 amide bonds. The first-order valence-corrected chi connectivity index (χ1v) is 17.9. The minimum atomic E-state index is -4.44. The first-order chi connectivity index (χ1) is 25.0. The van der Waals surface area contributed by atoms with Crippen LogP contribution in [0, 0.1) is 17.8 Å². The maximum Gasteiger partial charge on any atom is 0.416 e. The molecule has 2 aliphatic rings. The topological polar surface area (TPSA) is 105 Å². The van der Waals surface area contributed by atoms with Crippen LogP contribution in [0.5, 0.6) is 0 Å². The molecule has 1 aliphatic carbocycles. The van der Waals surface area contributed by atoms with Crippen LogP contribution in [0.25, 0.3) is 11.1 Å². The van der Waals surface area contributed by atoms with E-state index in [4.69, 9.17) is 10.7 Å². The molecule has 0 bridgehead atoms. The van der Waals surface area contributed by atoms with E-state index in [9.17, 15) is 27.6 Å². The summed E-state index contributed by atoms with van der Waals surface area (Å²) in [7, 11) is 0. The summed E-state index contributed by atoms with van der Waals surface area (Å²) in [5, 5.41) is 2.96. The molecule has 0 spiro atoms. The number of carbonyl (C=O) groups excluding carboxylic acids is 3. The van der Waals surface area contributed by atoms with E-state index >= 15 is 0 Å². The highest BCUT2D eigenvalue weighted by molar-refractivity contribution is 6.20. The Balaban J connectivity index is 1.37. The minimum Gasteiger partial charge on any atom is -0.369 e. The summed E-state index contributed by atoms with van der Waals surface area (Å²) in [5.41, 5.74) is 9.78. The zero-order valence-electron chi connectivity index (χ0n) is 29.1. The van der Waals surface area contributed by atoms with Crippen molar-refractivity contribution in [3.8, 4) is 11.1 Å². The standard InChI is InChI=1S/C42H43F3N4O3/c1-2-3-17-33(38(46)50)35(25-27-11-9-12-27)40(51)48-39-41(52)49(36-19-8-7-18-34(36)37(47-39)30-14-5-4-6-15-30)26-28-13-10-16-31(24-28)29-20-22-32(23-21-29)42(43,44)45/h4-8,10,13-16,18-24,27,33,35,39H,2-3,9,11-12,17,25-26H2,1H3,(H2,46,50)(H,48,51). The molecule has 3 N–H and O–H groups in total. The molecule has 1 saturated carbocycles. The van der Waals surface area contributed by atoms with Crippen molar-refractivity contribution in [3.05, 3.63) is 125 Å². The Bertz CT molecular complexity index is 1920. The van der Waals surface area contributed by atoms with Gasteiger partial charge in [0.05, 0.1) is 23.5 Å². The number of benzene rings is 4. The number of benzodiazepines with no additional fused rings is 1. The van der Waals surface area contributed by atoms with E-state index in [-0.39, 0.29) is 6.54 Å². The molecular formula is C42H43F3N4O3. The number of para-hydroxylation sites is 1. The summed E-state index contributed by atoms with van der Waals surface area (Å²) < 4.78 is 39.7. The lowest BCUT2D eigenvalue weighted by atomic mass is 9.73. The van der Waals surface area contributed by atoms with Gasteiger partial charge in [-0.05, 0) is 59.7 Å². The van der Waals surface area contributed by atoms with E-state index in [1.807, 2.05) is 73.7 Å². The quantitative estimate of drug-likeness (QED) is 0.146. The predicted octanol–water partition coefficient (Wildman–Crippen LogP) is 8.30. The second kappa shape index (κ2) is 16.0. The fourth-order valence-electron chi connectivity index (χ4n) is 7.15. The molecule has 7 nitrogen and oxygen atoms in total. The summed E-state index contributed by atoms with van der Waals surface area (Å²) in [5.74, 6) is -2.45. The van der Waals surface area contributed by atoms with Crippen molar-refractivity contribution in [3.63, 3.8) is 0 Å².